The van der Waals surface area contributed by atoms with Gasteiger partial charge in [-0.2, -0.15) is 5.26 Å². The van der Waals surface area contributed by atoms with Crippen molar-refractivity contribution in [3.05, 3.63) is 60.7 Å². The molecule has 0 radical (unpaired) electrons. The quantitative estimate of drug-likeness (QED) is 0.860. The summed E-state index contributed by atoms with van der Waals surface area (Å²) in [6.45, 7) is 5.71. The first kappa shape index (κ1) is 16.5. The molecule has 114 valence electrons. The first-order chi connectivity index (χ1) is 10.4. The molecule has 4 heteroatoms. The van der Waals surface area contributed by atoms with Crippen LogP contribution in [-0.4, -0.2) is 5.54 Å². The van der Waals surface area contributed by atoms with Gasteiger partial charge in [0.2, 0.25) is 7.29 Å². The summed E-state index contributed by atoms with van der Waals surface area (Å²) in [7, 11) is -3.09. The highest BCUT2D eigenvalue weighted by atomic mass is 31.2. The van der Waals surface area contributed by atoms with E-state index in [9.17, 15) is 9.83 Å². The van der Waals surface area contributed by atoms with E-state index in [1.807, 2.05) is 74.5 Å². The Morgan fingerprint density at radius 1 is 1.00 bits per heavy atom. The van der Waals surface area contributed by atoms with Crippen LogP contribution >= 0.6 is 7.29 Å². The molecule has 0 heterocycles. The summed E-state index contributed by atoms with van der Waals surface area (Å²) in [5.41, 5.74) is -0.874. The lowest BCUT2D eigenvalue weighted by Gasteiger charge is -2.33. The third kappa shape index (κ3) is 3.14. The molecule has 2 aromatic rings. The van der Waals surface area contributed by atoms with Gasteiger partial charge in [-0.1, -0.05) is 50.2 Å². The second-order valence-corrected chi connectivity index (χ2v) is 8.34. The molecule has 0 unspecified atom stereocenters. The molecule has 22 heavy (non-hydrogen) atoms. The molecule has 0 aliphatic heterocycles. The number of nitrogens with zero attached hydrogens (tertiary/aromatic N) is 1. The molecular formula is C18H21N2OP. The lowest BCUT2D eigenvalue weighted by molar-refractivity contribution is 0.392. The van der Waals surface area contributed by atoms with Gasteiger partial charge >= 0.3 is 0 Å². The van der Waals surface area contributed by atoms with Crippen LogP contribution < -0.4 is 15.7 Å². The van der Waals surface area contributed by atoms with E-state index < -0.39 is 12.8 Å². The van der Waals surface area contributed by atoms with Crippen LogP contribution in [0.15, 0.2) is 60.7 Å². The van der Waals surface area contributed by atoms with E-state index >= 15 is 0 Å². The second kappa shape index (κ2) is 6.48. The average molecular weight is 312 g/mol. The Hall–Kier alpha value is -1.88. The van der Waals surface area contributed by atoms with Crippen LogP contribution in [0.25, 0.3) is 0 Å². The van der Waals surface area contributed by atoms with Crippen LogP contribution in [0.4, 0.5) is 0 Å². The lowest BCUT2D eigenvalue weighted by Crippen LogP contribution is -2.47. The van der Waals surface area contributed by atoms with Gasteiger partial charge in [0.15, 0.2) is 0 Å². The first-order valence-corrected chi connectivity index (χ1v) is 9.05. The second-order valence-electron chi connectivity index (χ2n) is 5.86. The van der Waals surface area contributed by atoms with Crippen LogP contribution in [0, 0.1) is 17.2 Å². The van der Waals surface area contributed by atoms with E-state index in [1.54, 1.807) is 6.92 Å². The molecule has 0 saturated carbocycles. The maximum absolute atomic E-state index is 13.8. The van der Waals surface area contributed by atoms with Crippen molar-refractivity contribution >= 4 is 17.9 Å². The minimum absolute atomic E-state index is 0.0262. The topological polar surface area (TPSA) is 52.9 Å². The smallest absolute Gasteiger partial charge is 0.205 e. The average Bonchev–Trinajstić information content (AvgIpc) is 2.56. The van der Waals surface area contributed by atoms with Crippen molar-refractivity contribution in [2.75, 3.05) is 0 Å². The van der Waals surface area contributed by atoms with Gasteiger partial charge in [0, 0.05) is 10.6 Å². The minimum atomic E-state index is -3.09. The van der Waals surface area contributed by atoms with E-state index in [4.69, 9.17) is 0 Å². The fourth-order valence-electron chi connectivity index (χ4n) is 2.16. The van der Waals surface area contributed by atoms with Crippen molar-refractivity contribution in [1.82, 2.24) is 5.09 Å². The summed E-state index contributed by atoms with van der Waals surface area (Å²) in [4.78, 5) is 0. The Morgan fingerprint density at radius 3 is 1.73 bits per heavy atom. The molecule has 0 aromatic heterocycles. The van der Waals surface area contributed by atoms with Crippen molar-refractivity contribution < 1.29 is 4.57 Å². The van der Waals surface area contributed by atoms with Crippen molar-refractivity contribution in [3.8, 4) is 6.07 Å². The van der Waals surface area contributed by atoms with Gasteiger partial charge in [0.25, 0.3) is 0 Å². The molecule has 0 aliphatic rings. The zero-order chi connectivity index (χ0) is 16.2. The summed E-state index contributed by atoms with van der Waals surface area (Å²) in [6, 6.07) is 20.9. The van der Waals surface area contributed by atoms with Crippen molar-refractivity contribution in [3.63, 3.8) is 0 Å². The number of nitriles is 1. The monoisotopic (exact) mass is 312 g/mol. The van der Waals surface area contributed by atoms with Gasteiger partial charge in [-0.3, -0.25) is 4.57 Å². The van der Waals surface area contributed by atoms with Gasteiger partial charge < -0.3 is 0 Å². The molecule has 0 fully saturated rings. The predicted molar refractivity (Wildman–Crippen MR) is 91.8 cm³/mol. The van der Waals surface area contributed by atoms with E-state index in [0.717, 1.165) is 0 Å². The number of rotatable bonds is 5. The highest BCUT2D eigenvalue weighted by Crippen LogP contribution is 2.42. The zero-order valence-corrected chi connectivity index (χ0v) is 14.0. The molecular weight excluding hydrogens is 291 g/mol. The Balaban J connectivity index is 2.58. The van der Waals surface area contributed by atoms with Gasteiger partial charge in [0.1, 0.15) is 5.54 Å². The van der Waals surface area contributed by atoms with Gasteiger partial charge in [-0.25, -0.2) is 5.09 Å². The molecule has 0 saturated heterocycles. The molecule has 3 nitrogen and oxygen atoms in total. The summed E-state index contributed by atoms with van der Waals surface area (Å²) in [5.74, 6) is 0.0262. The summed E-state index contributed by atoms with van der Waals surface area (Å²) in [6.07, 6.45) is 0. The van der Waals surface area contributed by atoms with Crippen molar-refractivity contribution in [2.45, 2.75) is 26.3 Å². The summed E-state index contributed by atoms with van der Waals surface area (Å²) >= 11 is 0. The van der Waals surface area contributed by atoms with Crippen LogP contribution in [0.2, 0.25) is 0 Å². The molecule has 2 aromatic carbocycles. The van der Waals surface area contributed by atoms with E-state index in [1.165, 1.54) is 0 Å². The highest BCUT2D eigenvalue weighted by Gasteiger charge is 2.38. The van der Waals surface area contributed by atoms with Crippen LogP contribution in [0.1, 0.15) is 20.8 Å². The molecule has 0 bridgehead atoms. The van der Waals surface area contributed by atoms with Crippen LogP contribution in [0.3, 0.4) is 0 Å². The Bertz CT molecular complexity index is 663. The standard InChI is InChI=1S/C18H21N2OP/c1-15(2)18(3,14-19)20-22(21,16-10-6-4-7-11-16)17-12-8-5-9-13-17/h4-13,15H,1-3H3,(H,20,21)/t18-/m1/s1. The van der Waals surface area contributed by atoms with Gasteiger partial charge in [-0.15, -0.1) is 0 Å². The van der Waals surface area contributed by atoms with Gasteiger partial charge in [0.05, 0.1) is 6.07 Å². The van der Waals surface area contributed by atoms with E-state index in [0.29, 0.717) is 10.6 Å². The maximum atomic E-state index is 13.8. The summed E-state index contributed by atoms with van der Waals surface area (Å²) < 4.78 is 13.8. The highest BCUT2D eigenvalue weighted by molar-refractivity contribution is 7.77. The molecule has 0 spiro atoms. The Morgan fingerprint density at radius 2 is 1.41 bits per heavy atom. The normalized spacial score (nSPS) is 14.3. The lowest BCUT2D eigenvalue weighted by atomic mass is 9.92. The molecule has 1 atom stereocenters. The summed E-state index contributed by atoms with van der Waals surface area (Å²) in [5, 5.41) is 14.2. The third-order valence-electron chi connectivity index (χ3n) is 4.02. The molecule has 1 N–H and O–H groups in total. The minimum Gasteiger partial charge on any atom is -0.296 e. The predicted octanol–water partition coefficient (Wildman–Crippen LogP) is 3.44. The molecule has 0 amide bonds. The fourth-order valence-corrected chi connectivity index (χ4v) is 4.87. The number of hydrogen-bond acceptors (Lipinski definition) is 2. The number of hydrogen-bond donors (Lipinski definition) is 1. The van der Waals surface area contributed by atoms with Gasteiger partial charge in [-0.05, 0) is 37.1 Å². The maximum Gasteiger partial charge on any atom is 0.205 e. The largest absolute Gasteiger partial charge is 0.296 e. The van der Waals surface area contributed by atoms with Crippen molar-refractivity contribution in [2.24, 2.45) is 5.92 Å². The zero-order valence-electron chi connectivity index (χ0n) is 13.2. The van der Waals surface area contributed by atoms with E-state index in [2.05, 4.69) is 11.2 Å². The van der Waals surface area contributed by atoms with E-state index in [-0.39, 0.29) is 5.92 Å². The number of nitrogens with one attached hydrogen (secondary N) is 1. The number of benzene rings is 2. The third-order valence-corrected chi connectivity index (χ3v) is 6.85. The molecule has 0 aliphatic carbocycles. The van der Waals surface area contributed by atoms with Crippen LogP contribution in [-0.2, 0) is 4.57 Å². The fraction of sp³-hybridized carbons (Fsp3) is 0.278. The Kier molecular flexibility index (Phi) is 4.86. The van der Waals surface area contributed by atoms with Crippen LogP contribution in [0.5, 0.6) is 0 Å². The van der Waals surface area contributed by atoms with Crippen molar-refractivity contribution in [1.29, 1.82) is 5.26 Å². The SMILES string of the molecule is CC(C)[C@@](C)(C#N)NP(=O)(c1ccccc1)c1ccccc1. The molecule has 2 rings (SSSR count). The first-order valence-electron chi connectivity index (χ1n) is 7.34. The Labute approximate surface area is 132 Å².